The maximum absolute atomic E-state index is 14.0. The highest BCUT2D eigenvalue weighted by molar-refractivity contribution is 6.11. The van der Waals surface area contributed by atoms with Crippen LogP contribution in [0.2, 0.25) is 0 Å². The molecule has 0 radical (unpaired) electrons. The Morgan fingerprint density at radius 3 is 1.50 bits per heavy atom. The quantitative estimate of drug-likeness (QED) is 0.128. The number of likely N-dealkylation sites (tertiary alicyclic amines) is 1. The van der Waals surface area contributed by atoms with Crippen LogP contribution in [-0.4, -0.2) is 75.6 Å². The van der Waals surface area contributed by atoms with Crippen molar-refractivity contribution in [1.82, 2.24) is 34.4 Å². The van der Waals surface area contributed by atoms with Gasteiger partial charge in [-0.2, -0.15) is 26.3 Å². The van der Waals surface area contributed by atoms with Gasteiger partial charge in [0.1, 0.15) is 24.3 Å². The largest absolute Gasteiger partial charge is 0.416 e. The van der Waals surface area contributed by atoms with Crippen molar-refractivity contribution in [3.63, 3.8) is 0 Å². The normalized spacial score (nSPS) is 16.2. The van der Waals surface area contributed by atoms with Gasteiger partial charge in [-0.05, 0) is 93.7 Å². The number of nitrogens with zero attached hydrogens (tertiary/aromatic N) is 9. The van der Waals surface area contributed by atoms with E-state index in [0.29, 0.717) is 42.9 Å². The predicted molar refractivity (Wildman–Crippen MR) is 230 cm³/mol. The first-order valence-electron chi connectivity index (χ1n) is 21.3. The molecule has 0 unspecified atom stereocenters. The minimum absolute atomic E-state index is 0.00688. The molecule has 66 heavy (non-hydrogen) atoms. The van der Waals surface area contributed by atoms with Crippen LogP contribution in [0.25, 0.3) is 0 Å². The van der Waals surface area contributed by atoms with Gasteiger partial charge < -0.3 is 29.1 Å². The number of fused-ring (bicyclic) bond motifs is 2. The van der Waals surface area contributed by atoms with Gasteiger partial charge in [0, 0.05) is 69.1 Å². The van der Waals surface area contributed by atoms with Gasteiger partial charge in [0.05, 0.1) is 36.9 Å². The highest BCUT2D eigenvalue weighted by atomic mass is 19.4. The number of rotatable bonds is 11. The van der Waals surface area contributed by atoms with Crippen LogP contribution in [0.3, 0.4) is 0 Å². The van der Waals surface area contributed by atoms with Crippen LogP contribution < -0.4 is 9.80 Å². The highest BCUT2D eigenvalue weighted by Crippen LogP contribution is 2.42. The number of hydrogen-bond donors (Lipinski definition) is 2. The van der Waals surface area contributed by atoms with E-state index in [9.17, 15) is 46.1 Å². The number of aliphatic hydroxyl groups is 2. The summed E-state index contributed by atoms with van der Waals surface area (Å²) >= 11 is 0. The number of benzene rings is 4. The number of aliphatic hydroxyl groups excluding tert-OH is 2. The molecule has 0 bridgehead atoms. The molecule has 19 heteroatoms. The summed E-state index contributed by atoms with van der Waals surface area (Å²) in [6, 6.07) is 19.6. The Morgan fingerprint density at radius 1 is 0.667 bits per heavy atom. The Bertz CT molecular complexity index is 2780. The molecule has 0 saturated carbocycles. The summed E-state index contributed by atoms with van der Waals surface area (Å²) in [7, 11) is 3.73. The maximum atomic E-state index is 14.0. The molecule has 0 aliphatic carbocycles. The van der Waals surface area contributed by atoms with Crippen LogP contribution in [0.1, 0.15) is 103 Å². The average Bonchev–Trinajstić information content (AvgIpc) is 4.04. The van der Waals surface area contributed by atoms with Crippen LogP contribution in [0, 0.1) is 0 Å². The third-order valence-electron chi connectivity index (χ3n) is 12.4. The van der Waals surface area contributed by atoms with Crippen molar-refractivity contribution in [1.29, 1.82) is 0 Å². The molecule has 9 rings (SSSR count). The van der Waals surface area contributed by atoms with E-state index in [1.165, 1.54) is 15.9 Å². The maximum Gasteiger partial charge on any atom is 0.416 e. The molecule has 6 aromatic rings. The number of aromatic nitrogens is 6. The summed E-state index contributed by atoms with van der Waals surface area (Å²) in [5, 5.41) is 34.8. The second kappa shape index (κ2) is 18.1. The van der Waals surface area contributed by atoms with E-state index in [1.807, 2.05) is 72.3 Å². The predicted octanol–water partition coefficient (Wildman–Crippen LogP) is 7.35. The van der Waals surface area contributed by atoms with Crippen molar-refractivity contribution in [3.05, 3.63) is 153 Å². The third kappa shape index (κ3) is 9.45. The van der Waals surface area contributed by atoms with E-state index in [-0.39, 0.29) is 59.3 Å². The molecule has 1 saturated heterocycles. The van der Waals surface area contributed by atoms with E-state index in [4.69, 9.17) is 0 Å². The van der Waals surface area contributed by atoms with Gasteiger partial charge in [-0.15, -0.1) is 20.4 Å². The first-order valence-corrected chi connectivity index (χ1v) is 21.3. The molecular formula is C47H47F6N9O4. The topological polar surface area (TPSA) is 146 Å². The van der Waals surface area contributed by atoms with Crippen LogP contribution in [0.4, 0.5) is 37.7 Å². The summed E-state index contributed by atoms with van der Waals surface area (Å²) in [6.45, 7) is 4.27. The molecule has 2 N–H and O–H groups in total. The summed E-state index contributed by atoms with van der Waals surface area (Å²) < 4.78 is 86.3. The molecule has 3 aliphatic rings. The Labute approximate surface area is 375 Å². The van der Waals surface area contributed by atoms with Gasteiger partial charge in [0.25, 0.3) is 11.8 Å². The standard InChI is InChI=1S/C25H26F3N5O2.C22H21F3N4O2/c1-15(6-23-30-29-14-31(23)2)17-4-3-5-18(9-17)33-13-21-20(24(33)35)7-16(8-22(21)25(26,27)28)10-32-11-19(34)12-32;1-13(6-20-27-26-12-28(20)2)15-4-3-5-16(9-15)29-10-18-17(21(29)31)7-14(11-30)8-19(18)22(23,24)25/h3-5,7-9,14-15,19,34H,6,10-13H2,1-2H3;3-5,7-9,12-13,30H,6,10-11H2,1-2H3/t15-;13-/m11/s1. The first-order chi connectivity index (χ1) is 31.3. The number of anilines is 2. The molecule has 2 aromatic heterocycles. The number of alkyl halides is 6. The fraction of sp³-hybridized carbons (Fsp3) is 0.362. The van der Waals surface area contributed by atoms with Crippen molar-refractivity contribution in [2.45, 2.75) is 83.2 Å². The first kappa shape index (κ1) is 46.1. The van der Waals surface area contributed by atoms with Crippen molar-refractivity contribution < 1.29 is 46.1 Å². The smallest absolute Gasteiger partial charge is 0.392 e. The summed E-state index contributed by atoms with van der Waals surface area (Å²) in [4.78, 5) is 30.9. The fourth-order valence-electron chi connectivity index (χ4n) is 8.74. The zero-order valence-electron chi connectivity index (χ0n) is 36.5. The third-order valence-corrected chi connectivity index (χ3v) is 12.4. The minimum atomic E-state index is -4.61. The van der Waals surface area contributed by atoms with Crippen molar-refractivity contribution in [2.75, 3.05) is 22.9 Å². The lowest BCUT2D eigenvalue weighted by Gasteiger charge is -2.36. The van der Waals surface area contributed by atoms with Crippen molar-refractivity contribution in [2.24, 2.45) is 14.1 Å². The molecule has 346 valence electrons. The highest BCUT2D eigenvalue weighted by Gasteiger charge is 2.42. The molecule has 2 amide bonds. The molecule has 2 atom stereocenters. The van der Waals surface area contributed by atoms with Crippen LogP contribution in [0.15, 0.2) is 85.5 Å². The van der Waals surface area contributed by atoms with Gasteiger partial charge in [-0.3, -0.25) is 14.5 Å². The number of amides is 2. The van der Waals surface area contributed by atoms with Crippen molar-refractivity contribution >= 4 is 23.2 Å². The van der Waals surface area contributed by atoms with Crippen molar-refractivity contribution in [3.8, 4) is 0 Å². The van der Waals surface area contributed by atoms with Gasteiger partial charge in [-0.25, -0.2) is 0 Å². The van der Waals surface area contributed by atoms with Crippen LogP contribution in [0.5, 0.6) is 0 Å². The molecule has 1 fully saturated rings. The van der Waals surface area contributed by atoms with Gasteiger partial charge >= 0.3 is 12.4 Å². The Balaban J connectivity index is 0.000000181. The Morgan fingerprint density at radius 2 is 1.11 bits per heavy atom. The summed E-state index contributed by atoms with van der Waals surface area (Å²) in [5.41, 5.74) is 1.85. The van der Waals surface area contributed by atoms with Gasteiger partial charge in [0.2, 0.25) is 0 Å². The zero-order valence-corrected chi connectivity index (χ0v) is 36.5. The average molecular weight is 916 g/mol. The Kier molecular flexibility index (Phi) is 12.6. The second-order valence-electron chi connectivity index (χ2n) is 17.2. The lowest BCUT2D eigenvalue weighted by Crippen LogP contribution is -2.49. The minimum Gasteiger partial charge on any atom is -0.392 e. The molecular weight excluding hydrogens is 869 g/mol. The number of carbonyl (C=O) groups excluding carboxylic acids is 2. The zero-order chi connectivity index (χ0) is 47.2. The van der Waals surface area contributed by atoms with E-state index in [1.54, 1.807) is 36.9 Å². The van der Waals surface area contributed by atoms with Gasteiger partial charge in [0.15, 0.2) is 0 Å². The number of halogens is 6. The molecule has 0 spiro atoms. The van der Waals surface area contributed by atoms with Gasteiger partial charge in [-0.1, -0.05) is 38.1 Å². The number of carbonyl (C=O) groups is 2. The molecule has 3 aliphatic heterocycles. The second-order valence-corrected chi connectivity index (χ2v) is 17.2. The summed E-state index contributed by atoms with van der Waals surface area (Å²) in [5.74, 6) is 0.832. The molecule has 4 aromatic carbocycles. The van der Waals surface area contributed by atoms with Crippen LogP contribution in [-0.2, 0) is 65.5 Å². The Hall–Kier alpha value is -6.44. The number of aryl methyl sites for hydroxylation is 2. The lowest BCUT2D eigenvalue weighted by molar-refractivity contribution is -0.139. The number of hydrogen-bond acceptors (Lipinski definition) is 9. The fourth-order valence-corrected chi connectivity index (χ4v) is 8.74. The number of β-amino-alcohol motifs (C(OH)–C–C–N with tert-alkyl or cyclic N) is 1. The van der Waals surface area contributed by atoms with E-state index in [0.717, 1.165) is 34.9 Å². The van der Waals surface area contributed by atoms with E-state index >= 15 is 0 Å². The monoisotopic (exact) mass is 915 g/mol. The van der Waals surface area contributed by atoms with E-state index < -0.39 is 48.0 Å². The lowest BCUT2D eigenvalue weighted by atomic mass is 9.97. The SMILES string of the molecule is C[C@H](Cc1nncn1C)c1cccc(N2Cc3c(cc(CN4CC(O)C4)cc3C(F)(F)F)C2=O)c1.C[C@H](Cc1nncn1C)c1cccc(N2Cc3c(cc(CO)cc3C(F)(F)F)C2=O)c1. The van der Waals surface area contributed by atoms with Crippen LogP contribution >= 0.6 is 0 Å². The van der Waals surface area contributed by atoms with E-state index in [2.05, 4.69) is 20.4 Å². The summed E-state index contributed by atoms with van der Waals surface area (Å²) in [6.07, 6.45) is -5.11. The molecule has 13 nitrogen and oxygen atoms in total. The molecule has 5 heterocycles.